The van der Waals surface area contributed by atoms with Gasteiger partial charge in [0.1, 0.15) is 0 Å². The van der Waals surface area contributed by atoms with E-state index in [9.17, 15) is 4.79 Å². The number of amides is 2. The van der Waals surface area contributed by atoms with Crippen LogP contribution in [-0.2, 0) is 4.74 Å². The van der Waals surface area contributed by atoms with E-state index in [1.807, 2.05) is 6.92 Å². The second kappa shape index (κ2) is 5.58. The highest BCUT2D eigenvalue weighted by Crippen LogP contribution is 2.34. The molecule has 0 saturated carbocycles. The minimum absolute atomic E-state index is 0.00786. The molecule has 1 aromatic rings. The van der Waals surface area contributed by atoms with Crippen LogP contribution in [0.2, 0.25) is 0 Å². The van der Waals surface area contributed by atoms with Crippen molar-refractivity contribution in [3.8, 4) is 11.5 Å². The topological polar surface area (TPSA) is 68.8 Å². The first-order valence-corrected chi connectivity index (χ1v) is 6.81. The molecule has 2 N–H and O–H groups in total. The fourth-order valence-corrected chi connectivity index (χ4v) is 2.44. The van der Waals surface area contributed by atoms with Gasteiger partial charge in [0.25, 0.3) is 0 Å². The van der Waals surface area contributed by atoms with Gasteiger partial charge < -0.3 is 24.8 Å². The Bertz CT molecular complexity index is 500. The van der Waals surface area contributed by atoms with Crippen LogP contribution in [0.3, 0.4) is 0 Å². The lowest BCUT2D eigenvalue weighted by Crippen LogP contribution is -2.42. The quantitative estimate of drug-likeness (QED) is 0.888. The second-order valence-corrected chi connectivity index (χ2v) is 5.01. The van der Waals surface area contributed by atoms with E-state index in [4.69, 9.17) is 14.2 Å². The van der Waals surface area contributed by atoms with Gasteiger partial charge in [-0.2, -0.15) is 0 Å². The zero-order chi connectivity index (χ0) is 13.9. The fourth-order valence-electron chi connectivity index (χ4n) is 2.44. The van der Waals surface area contributed by atoms with E-state index >= 15 is 0 Å². The first-order valence-electron chi connectivity index (χ1n) is 6.81. The monoisotopic (exact) mass is 278 g/mol. The number of urea groups is 1. The first kappa shape index (κ1) is 13.1. The summed E-state index contributed by atoms with van der Waals surface area (Å²) in [6, 6.07) is 5.06. The van der Waals surface area contributed by atoms with Crippen LogP contribution in [0.5, 0.6) is 11.5 Å². The molecule has 20 heavy (non-hydrogen) atoms. The van der Waals surface area contributed by atoms with Gasteiger partial charge in [-0.1, -0.05) is 0 Å². The van der Waals surface area contributed by atoms with Gasteiger partial charge >= 0.3 is 6.03 Å². The Labute approximate surface area is 117 Å². The lowest BCUT2D eigenvalue weighted by Gasteiger charge is -2.20. The van der Waals surface area contributed by atoms with Crippen LogP contribution in [0, 0.1) is 0 Å². The van der Waals surface area contributed by atoms with Crippen LogP contribution < -0.4 is 20.1 Å². The molecule has 1 aromatic carbocycles. The van der Waals surface area contributed by atoms with E-state index in [1.54, 1.807) is 18.2 Å². The molecule has 3 rings (SSSR count). The van der Waals surface area contributed by atoms with Crippen molar-refractivity contribution in [2.24, 2.45) is 0 Å². The van der Waals surface area contributed by atoms with Gasteiger partial charge in [-0.15, -0.1) is 0 Å². The summed E-state index contributed by atoms with van der Waals surface area (Å²) in [5.41, 5.74) is 0.672. The van der Waals surface area contributed by atoms with E-state index in [-0.39, 0.29) is 25.0 Å². The van der Waals surface area contributed by atoms with E-state index < -0.39 is 0 Å². The van der Waals surface area contributed by atoms with Gasteiger partial charge in [0.15, 0.2) is 11.5 Å². The summed E-state index contributed by atoms with van der Waals surface area (Å²) in [4.78, 5) is 11.9. The average molecular weight is 278 g/mol. The van der Waals surface area contributed by atoms with E-state index in [2.05, 4.69) is 10.6 Å². The van der Waals surface area contributed by atoms with Gasteiger partial charge in [0.2, 0.25) is 6.79 Å². The number of carbonyl (C=O) groups excluding carboxylic acids is 1. The SMILES string of the molecule is C[C@H](NC(=O)Nc1ccc2c(c1)OCO2)[C@@H]1CCCO1. The van der Waals surface area contributed by atoms with Gasteiger partial charge in [-0.05, 0) is 31.9 Å². The standard InChI is InChI=1S/C14H18N2O4/c1-9(11-3-2-6-18-11)15-14(17)16-10-4-5-12-13(7-10)20-8-19-12/h4-5,7,9,11H,2-3,6,8H2,1H3,(H2,15,16,17)/t9-,11-/m0/s1. The Morgan fingerprint density at radius 3 is 3.00 bits per heavy atom. The molecule has 1 fully saturated rings. The Balaban J connectivity index is 1.55. The number of ether oxygens (including phenoxy) is 3. The van der Waals surface area contributed by atoms with Crippen molar-refractivity contribution in [1.82, 2.24) is 5.32 Å². The maximum atomic E-state index is 11.9. The largest absolute Gasteiger partial charge is 0.454 e. The maximum absolute atomic E-state index is 11.9. The van der Waals surface area contributed by atoms with Crippen LogP contribution in [0.25, 0.3) is 0 Å². The molecule has 0 bridgehead atoms. The van der Waals surface area contributed by atoms with Crippen molar-refractivity contribution in [1.29, 1.82) is 0 Å². The van der Waals surface area contributed by atoms with Crippen LogP contribution in [0.1, 0.15) is 19.8 Å². The summed E-state index contributed by atoms with van der Waals surface area (Å²) >= 11 is 0. The van der Waals surface area contributed by atoms with Gasteiger partial charge in [0, 0.05) is 18.4 Å². The molecule has 2 heterocycles. The van der Waals surface area contributed by atoms with Gasteiger partial charge in [0.05, 0.1) is 12.1 Å². The Morgan fingerprint density at radius 1 is 1.35 bits per heavy atom. The number of carbonyl (C=O) groups is 1. The zero-order valence-corrected chi connectivity index (χ0v) is 11.3. The molecule has 0 unspecified atom stereocenters. The van der Waals surface area contributed by atoms with E-state index in [0.29, 0.717) is 17.2 Å². The molecule has 2 amide bonds. The molecule has 0 spiro atoms. The third-order valence-corrected chi connectivity index (χ3v) is 3.51. The zero-order valence-electron chi connectivity index (χ0n) is 11.3. The highest BCUT2D eigenvalue weighted by Gasteiger charge is 2.23. The van der Waals surface area contributed by atoms with Crippen molar-refractivity contribution in [2.45, 2.75) is 31.9 Å². The highest BCUT2D eigenvalue weighted by molar-refractivity contribution is 5.89. The number of hydrogen-bond acceptors (Lipinski definition) is 4. The predicted molar refractivity (Wildman–Crippen MR) is 73.2 cm³/mol. The number of anilines is 1. The summed E-state index contributed by atoms with van der Waals surface area (Å²) in [6.07, 6.45) is 2.16. The number of benzene rings is 1. The molecular weight excluding hydrogens is 260 g/mol. The smallest absolute Gasteiger partial charge is 0.319 e. The van der Waals surface area contributed by atoms with Gasteiger partial charge in [-0.25, -0.2) is 4.79 Å². The average Bonchev–Trinajstić information content (AvgIpc) is 3.09. The third-order valence-electron chi connectivity index (χ3n) is 3.51. The van der Waals surface area contributed by atoms with E-state index in [0.717, 1.165) is 19.4 Å². The fraction of sp³-hybridized carbons (Fsp3) is 0.500. The lowest BCUT2D eigenvalue weighted by atomic mass is 10.1. The number of fused-ring (bicyclic) bond motifs is 1. The predicted octanol–water partition coefficient (Wildman–Crippen LogP) is 2.10. The molecule has 108 valence electrons. The molecular formula is C14H18N2O4. The molecule has 0 radical (unpaired) electrons. The van der Waals surface area contributed by atoms with Crippen molar-refractivity contribution in [3.63, 3.8) is 0 Å². The van der Waals surface area contributed by atoms with Crippen molar-refractivity contribution >= 4 is 11.7 Å². The molecule has 2 aliphatic heterocycles. The van der Waals surface area contributed by atoms with Crippen molar-refractivity contribution in [3.05, 3.63) is 18.2 Å². The van der Waals surface area contributed by atoms with Crippen molar-refractivity contribution < 1.29 is 19.0 Å². The first-order chi connectivity index (χ1) is 9.72. The summed E-state index contributed by atoms with van der Waals surface area (Å²) in [5.74, 6) is 1.35. The normalized spacial score (nSPS) is 21.6. The molecule has 2 aliphatic rings. The van der Waals surface area contributed by atoms with Gasteiger partial charge in [-0.3, -0.25) is 0 Å². The molecule has 6 nitrogen and oxygen atoms in total. The van der Waals surface area contributed by atoms with Crippen LogP contribution >= 0.6 is 0 Å². The summed E-state index contributed by atoms with van der Waals surface area (Å²) in [6.45, 7) is 2.96. The number of nitrogens with one attached hydrogen (secondary N) is 2. The summed E-state index contributed by atoms with van der Waals surface area (Å²) < 4.78 is 16.0. The molecule has 1 saturated heterocycles. The summed E-state index contributed by atoms with van der Waals surface area (Å²) in [5, 5.41) is 5.68. The van der Waals surface area contributed by atoms with Crippen molar-refractivity contribution in [2.75, 3.05) is 18.7 Å². The van der Waals surface area contributed by atoms with E-state index in [1.165, 1.54) is 0 Å². The molecule has 0 aromatic heterocycles. The van der Waals surface area contributed by atoms with Crippen LogP contribution in [-0.4, -0.2) is 31.6 Å². The Kier molecular flexibility index (Phi) is 3.64. The molecule has 0 aliphatic carbocycles. The maximum Gasteiger partial charge on any atom is 0.319 e. The Hall–Kier alpha value is -1.95. The van der Waals surface area contributed by atoms with Crippen LogP contribution in [0.4, 0.5) is 10.5 Å². The Morgan fingerprint density at radius 2 is 2.20 bits per heavy atom. The lowest BCUT2D eigenvalue weighted by molar-refractivity contribution is 0.0868. The minimum atomic E-state index is -0.244. The van der Waals surface area contributed by atoms with Crippen LogP contribution in [0.15, 0.2) is 18.2 Å². The molecule has 2 atom stereocenters. The number of hydrogen-bond donors (Lipinski definition) is 2. The highest BCUT2D eigenvalue weighted by atomic mass is 16.7. The summed E-state index contributed by atoms with van der Waals surface area (Å²) in [7, 11) is 0. The number of rotatable bonds is 3. The second-order valence-electron chi connectivity index (χ2n) is 5.01. The third kappa shape index (κ3) is 2.80. The molecule has 6 heteroatoms. The minimum Gasteiger partial charge on any atom is -0.454 e.